The van der Waals surface area contributed by atoms with Crippen LogP contribution in [0.25, 0.3) is 0 Å². The summed E-state index contributed by atoms with van der Waals surface area (Å²) in [5.41, 5.74) is 0.116. The van der Waals surface area contributed by atoms with Crippen LogP contribution in [0, 0.1) is 17.2 Å². The van der Waals surface area contributed by atoms with Crippen LogP contribution in [0.4, 0.5) is 5.82 Å². The van der Waals surface area contributed by atoms with Crippen molar-refractivity contribution in [3.8, 4) is 0 Å². The number of rotatable bonds is 10. The maximum Gasteiger partial charge on any atom is 0.328 e. The number of esters is 1. The first-order valence-electron chi connectivity index (χ1n) is 11.1. The van der Waals surface area contributed by atoms with Crippen LogP contribution in [0.3, 0.4) is 0 Å². The van der Waals surface area contributed by atoms with Crippen molar-refractivity contribution < 1.29 is 23.9 Å². The first-order valence-corrected chi connectivity index (χ1v) is 11.1. The molecular formula is C23H31N5O5. The van der Waals surface area contributed by atoms with Crippen molar-refractivity contribution in [3.63, 3.8) is 0 Å². The van der Waals surface area contributed by atoms with Crippen LogP contribution in [0.1, 0.15) is 45.6 Å². The third-order valence-corrected chi connectivity index (χ3v) is 6.04. The van der Waals surface area contributed by atoms with Crippen molar-refractivity contribution in [2.75, 3.05) is 19.0 Å². The molecule has 1 aliphatic heterocycles. The molecule has 0 aromatic carbocycles. The van der Waals surface area contributed by atoms with Gasteiger partial charge in [0, 0.05) is 24.7 Å². The highest BCUT2D eigenvalue weighted by Crippen LogP contribution is 2.47. The number of hydrogen-bond acceptors (Lipinski definition) is 8. The maximum absolute atomic E-state index is 13.1. The molecule has 2 fully saturated rings. The summed E-state index contributed by atoms with van der Waals surface area (Å²) >= 11 is 0. The predicted octanol–water partition coefficient (Wildman–Crippen LogP) is 1.14. The molecule has 3 N–H and O–H groups in total. The highest BCUT2D eigenvalue weighted by atomic mass is 16.5. The van der Waals surface area contributed by atoms with Gasteiger partial charge in [0.1, 0.15) is 23.6 Å². The number of nitrogens with zero attached hydrogens (tertiary/aromatic N) is 2. The van der Waals surface area contributed by atoms with E-state index >= 15 is 0 Å². The molecule has 10 heteroatoms. The number of ketones is 1. The van der Waals surface area contributed by atoms with E-state index in [9.17, 15) is 19.2 Å². The normalized spacial score (nSPS) is 21.7. The Bertz CT molecular complexity index is 962. The molecule has 33 heavy (non-hydrogen) atoms. The molecule has 2 aliphatic rings. The van der Waals surface area contributed by atoms with Crippen molar-refractivity contribution in [2.45, 2.75) is 58.2 Å². The van der Waals surface area contributed by atoms with Crippen LogP contribution in [-0.4, -0.2) is 70.9 Å². The summed E-state index contributed by atoms with van der Waals surface area (Å²) < 4.78 is 4.82. The van der Waals surface area contributed by atoms with E-state index in [0.717, 1.165) is 6.42 Å². The van der Waals surface area contributed by atoms with Gasteiger partial charge in [0.25, 0.3) is 0 Å². The number of amides is 2. The quantitative estimate of drug-likeness (QED) is 0.353. The molecule has 1 aliphatic carbocycles. The van der Waals surface area contributed by atoms with Crippen LogP contribution in [0.15, 0.2) is 18.3 Å². The van der Waals surface area contributed by atoms with Gasteiger partial charge in [-0.2, -0.15) is 0 Å². The SMILES string of the molecule is COC(=O)[C@H](CC(C)C)NC(=O)[C@@H]1C[C@H]2C[C@H]2N1C(=O)CNc1ncccc1C(=N)C(C)=O. The average molecular weight is 458 g/mol. The lowest BCUT2D eigenvalue weighted by Gasteiger charge is -2.29. The second kappa shape index (κ2) is 10.1. The molecule has 3 rings (SSSR count). The standard InChI is InChI=1S/C23H31N5O5/c1-12(2)8-16(23(32)33-4)27-22(31)18-10-14-9-17(14)28(18)19(30)11-26-21-15(6-5-7-25-21)20(24)13(3)29/h5-7,12,14,16-18,24H,8-11H2,1-4H3,(H,25,26)(H,27,31)/t14-,16+,17-,18+/m1/s1. The molecule has 0 spiro atoms. The molecule has 0 bridgehead atoms. The molecule has 178 valence electrons. The monoisotopic (exact) mass is 457 g/mol. The molecule has 1 saturated heterocycles. The Morgan fingerprint density at radius 1 is 1.27 bits per heavy atom. The molecule has 2 amide bonds. The van der Waals surface area contributed by atoms with Crippen LogP contribution in [0.5, 0.6) is 0 Å². The van der Waals surface area contributed by atoms with Crippen molar-refractivity contribution in [1.82, 2.24) is 15.2 Å². The molecular weight excluding hydrogens is 426 g/mol. The van der Waals surface area contributed by atoms with E-state index in [1.807, 2.05) is 13.8 Å². The van der Waals surface area contributed by atoms with Crippen LogP contribution >= 0.6 is 0 Å². The van der Waals surface area contributed by atoms with Crippen molar-refractivity contribution in [3.05, 3.63) is 23.9 Å². The number of anilines is 1. The molecule has 1 aromatic rings. The van der Waals surface area contributed by atoms with Gasteiger partial charge in [0.05, 0.1) is 13.7 Å². The molecule has 0 unspecified atom stereocenters. The van der Waals surface area contributed by atoms with E-state index in [2.05, 4.69) is 15.6 Å². The number of likely N-dealkylation sites (tertiary alicyclic amines) is 1. The Balaban J connectivity index is 1.68. The van der Waals surface area contributed by atoms with Crippen LogP contribution in [0.2, 0.25) is 0 Å². The van der Waals surface area contributed by atoms with Gasteiger partial charge in [-0.25, -0.2) is 9.78 Å². The third kappa shape index (κ3) is 5.55. The molecule has 2 heterocycles. The Labute approximate surface area is 193 Å². The summed E-state index contributed by atoms with van der Waals surface area (Å²) in [4.78, 5) is 55.6. The fraction of sp³-hybridized carbons (Fsp3) is 0.565. The molecule has 1 saturated carbocycles. The van der Waals surface area contributed by atoms with E-state index in [0.29, 0.717) is 18.4 Å². The van der Waals surface area contributed by atoms with Crippen LogP contribution in [-0.2, 0) is 23.9 Å². The third-order valence-electron chi connectivity index (χ3n) is 6.04. The smallest absolute Gasteiger partial charge is 0.328 e. The molecule has 4 atom stereocenters. The minimum absolute atomic E-state index is 0.00967. The van der Waals surface area contributed by atoms with Gasteiger partial charge in [0.15, 0.2) is 5.78 Å². The summed E-state index contributed by atoms with van der Waals surface area (Å²) in [6, 6.07) is 1.80. The fourth-order valence-electron chi connectivity index (χ4n) is 4.33. The molecule has 1 aromatic heterocycles. The maximum atomic E-state index is 13.1. The number of carbonyl (C=O) groups is 4. The zero-order valence-electron chi connectivity index (χ0n) is 19.4. The van der Waals surface area contributed by atoms with E-state index in [4.69, 9.17) is 10.1 Å². The number of aromatic nitrogens is 1. The van der Waals surface area contributed by atoms with E-state index < -0.39 is 23.8 Å². The van der Waals surface area contributed by atoms with Gasteiger partial charge in [-0.1, -0.05) is 13.8 Å². The van der Waals surface area contributed by atoms with Gasteiger partial charge in [-0.15, -0.1) is 0 Å². The summed E-state index contributed by atoms with van der Waals surface area (Å²) in [6.07, 6.45) is 3.36. The average Bonchev–Trinajstić information content (AvgIpc) is 3.44. The van der Waals surface area contributed by atoms with E-state index in [1.54, 1.807) is 17.0 Å². The minimum atomic E-state index is -0.761. The highest BCUT2D eigenvalue weighted by Gasteiger charge is 2.56. The number of pyridine rings is 1. The zero-order valence-corrected chi connectivity index (χ0v) is 19.4. The number of nitrogens with one attached hydrogen (secondary N) is 3. The lowest BCUT2D eigenvalue weighted by molar-refractivity contribution is -0.147. The first-order chi connectivity index (χ1) is 15.6. The van der Waals surface area contributed by atoms with Gasteiger partial charge >= 0.3 is 5.97 Å². The van der Waals surface area contributed by atoms with Crippen molar-refractivity contribution in [2.24, 2.45) is 11.8 Å². The second-order valence-corrected chi connectivity index (χ2v) is 9.01. The van der Waals surface area contributed by atoms with Gasteiger partial charge in [-0.05, 0) is 43.2 Å². The van der Waals surface area contributed by atoms with Crippen molar-refractivity contribution in [1.29, 1.82) is 5.41 Å². The number of piperidine rings is 1. The number of ether oxygens (including phenoxy) is 1. The molecule has 10 nitrogen and oxygen atoms in total. The number of hydrogen-bond donors (Lipinski definition) is 3. The summed E-state index contributed by atoms with van der Waals surface area (Å²) in [5, 5.41) is 13.6. The summed E-state index contributed by atoms with van der Waals surface area (Å²) in [6.45, 7) is 5.07. The number of methoxy groups -OCH3 is 1. The Morgan fingerprint density at radius 3 is 2.64 bits per heavy atom. The van der Waals surface area contributed by atoms with E-state index in [1.165, 1.54) is 20.2 Å². The minimum Gasteiger partial charge on any atom is -0.467 e. The fourth-order valence-corrected chi connectivity index (χ4v) is 4.33. The lowest BCUT2D eigenvalue weighted by Crippen LogP contribution is -2.53. The Morgan fingerprint density at radius 2 is 2.00 bits per heavy atom. The van der Waals surface area contributed by atoms with Gasteiger partial charge in [0.2, 0.25) is 11.8 Å². The number of fused-ring (bicyclic) bond motifs is 1. The van der Waals surface area contributed by atoms with Crippen molar-refractivity contribution >= 4 is 35.1 Å². The van der Waals surface area contributed by atoms with Crippen LogP contribution < -0.4 is 10.6 Å². The number of carbonyl (C=O) groups excluding carboxylic acids is 4. The lowest BCUT2D eigenvalue weighted by atomic mass is 10.0. The van der Waals surface area contributed by atoms with E-state index in [-0.39, 0.29) is 47.8 Å². The summed E-state index contributed by atoms with van der Waals surface area (Å²) in [7, 11) is 1.28. The molecule has 0 radical (unpaired) electrons. The predicted molar refractivity (Wildman–Crippen MR) is 121 cm³/mol. The first kappa shape index (κ1) is 24.3. The zero-order chi connectivity index (χ0) is 24.3. The largest absolute Gasteiger partial charge is 0.467 e. The highest BCUT2D eigenvalue weighted by molar-refractivity contribution is 6.45. The Kier molecular flexibility index (Phi) is 7.45. The number of Topliss-reactive ketones (excluding diaryl/α,β-unsaturated/α-hetero) is 1. The van der Waals surface area contributed by atoms with Gasteiger partial charge in [-0.3, -0.25) is 19.8 Å². The second-order valence-electron chi connectivity index (χ2n) is 9.01. The Hall–Kier alpha value is -3.30. The van der Waals surface area contributed by atoms with Gasteiger partial charge < -0.3 is 20.3 Å². The summed E-state index contributed by atoms with van der Waals surface area (Å²) in [5.74, 6) is -0.821. The topological polar surface area (TPSA) is 142 Å².